The Bertz CT molecular complexity index is 823. The Kier molecular flexibility index (Phi) is 7.10. The third-order valence-corrected chi connectivity index (χ3v) is 5.95. The molecule has 2 aliphatic rings. The van der Waals surface area contributed by atoms with E-state index in [1.807, 2.05) is 37.3 Å². The van der Waals surface area contributed by atoms with Gasteiger partial charge in [-0.05, 0) is 62.5 Å². The van der Waals surface area contributed by atoms with E-state index in [2.05, 4.69) is 27.7 Å². The number of aliphatic hydroxyl groups excluding tert-OH is 1. The molecule has 2 aromatic rings. The molecule has 0 aromatic heterocycles. The van der Waals surface area contributed by atoms with Gasteiger partial charge in [0.05, 0.1) is 18.8 Å². The first kappa shape index (κ1) is 21.0. The van der Waals surface area contributed by atoms with Gasteiger partial charge in [0.25, 0.3) is 0 Å². The molecule has 2 heterocycles. The molecule has 0 bridgehead atoms. The van der Waals surface area contributed by atoms with Crippen LogP contribution in [-0.4, -0.2) is 44.5 Å². The van der Waals surface area contributed by atoms with Gasteiger partial charge in [0, 0.05) is 18.7 Å². The summed E-state index contributed by atoms with van der Waals surface area (Å²) in [5.74, 6) is 2.38. The third-order valence-electron chi connectivity index (χ3n) is 5.95. The molecule has 2 aromatic carbocycles. The van der Waals surface area contributed by atoms with E-state index in [9.17, 15) is 5.11 Å². The summed E-state index contributed by atoms with van der Waals surface area (Å²) in [7, 11) is 0. The smallest absolute Gasteiger partial charge is 0.143 e. The minimum absolute atomic E-state index is 0.621. The molecule has 30 heavy (non-hydrogen) atoms. The first-order valence-electron chi connectivity index (χ1n) is 11.1. The lowest BCUT2D eigenvalue weighted by molar-refractivity contribution is 0.129. The summed E-state index contributed by atoms with van der Waals surface area (Å²) < 4.78 is 11.7. The predicted octanol–water partition coefficient (Wildman–Crippen LogP) is 3.06. The molecule has 4 rings (SSSR count). The Balaban J connectivity index is 1.43. The van der Waals surface area contributed by atoms with E-state index in [1.165, 1.54) is 5.56 Å². The highest BCUT2D eigenvalue weighted by Gasteiger charge is 2.22. The summed E-state index contributed by atoms with van der Waals surface area (Å²) >= 11 is 0. The summed E-state index contributed by atoms with van der Waals surface area (Å²) in [6, 6.07) is 14.2. The Morgan fingerprint density at radius 3 is 2.90 bits per heavy atom. The van der Waals surface area contributed by atoms with Crippen LogP contribution < -0.4 is 25.0 Å². The molecule has 1 atom stereocenters. The minimum atomic E-state index is -0.678. The molecule has 6 nitrogen and oxygen atoms in total. The molecule has 6 heteroatoms. The fourth-order valence-electron chi connectivity index (χ4n) is 4.25. The third kappa shape index (κ3) is 5.06. The Morgan fingerprint density at radius 2 is 2.07 bits per heavy atom. The lowest BCUT2D eigenvalue weighted by Gasteiger charge is -2.32. The molecular weight excluding hydrogens is 378 g/mol. The van der Waals surface area contributed by atoms with Gasteiger partial charge in [0.2, 0.25) is 0 Å². The van der Waals surface area contributed by atoms with E-state index in [-0.39, 0.29) is 0 Å². The lowest BCUT2D eigenvalue weighted by atomic mass is 9.98. The standard InChI is InChI=1S/C24H33N3O3/c1-2-29-22-6-4-3-5-20(22)17-27-13-14-30-23-15-19(7-8-21(23)27)24(28)26-16-18-9-11-25-12-10-18/h3-8,15,18,24-26,28H,2,9-14,16-17H2,1H3. The molecule has 0 amide bonds. The lowest BCUT2D eigenvalue weighted by Crippen LogP contribution is -2.35. The number of piperidine rings is 1. The number of hydrogen-bond acceptors (Lipinski definition) is 6. The number of anilines is 1. The van der Waals surface area contributed by atoms with Gasteiger partial charge in [0.15, 0.2) is 0 Å². The van der Waals surface area contributed by atoms with Crippen molar-refractivity contribution in [3.8, 4) is 11.5 Å². The van der Waals surface area contributed by atoms with Crippen LogP contribution in [0.5, 0.6) is 11.5 Å². The summed E-state index contributed by atoms with van der Waals surface area (Å²) in [6.45, 7) is 7.85. The molecule has 1 unspecified atom stereocenters. The quantitative estimate of drug-likeness (QED) is 0.580. The largest absolute Gasteiger partial charge is 0.494 e. The van der Waals surface area contributed by atoms with Crippen molar-refractivity contribution in [3.63, 3.8) is 0 Å². The number of ether oxygens (including phenoxy) is 2. The van der Waals surface area contributed by atoms with Crippen molar-refractivity contribution in [1.29, 1.82) is 0 Å². The Hall–Kier alpha value is -2.28. The maximum Gasteiger partial charge on any atom is 0.143 e. The molecule has 1 saturated heterocycles. The summed E-state index contributed by atoms with van der Waals surface area (Å²) in [5, 5.41) is 17.3. The molecule has 0 spiro atoms. The van der Waals surface area contributed by atoms with Gasteiger partial charge in [-0.1, -0.05) is 24.3 Å². The van der Waals surface area contributed by atoms with E-state index < -0.39 is 6.23 Å². The highest BCUT2D eigenvalue weighted by atomic mass is 16.5. The number of hydrogen-bond donors (Lipinski definition) is 3. The molecule has 1 fully saturated rings. The number of aliphatic hydroxyl groups is 1. The van der Waals surface area contributed by atoms with Crippen LogP contribution in [0.4, 0.5) is 5.69 Å². The van der Waals surface area contributed by atoms with Gasteiger partial charge in [-0.25, -0.2) is 0 Å². The van der Waals surface area contributed by atoms with Crippen LogP contribution in [-0.2, 0) is 6.54 Å². The Labute approximate surface area is 179 Å². The topological polar surface area (TPSA) is 66.0 Å². The van der Waals surface area contributed by atoms with Crippen molar-refractivity contribution in [3.05, 3.63) is 53.6 Å². The monoisotopic (exact) mass is 411 g/mol. The SMILES string of the molecule is CCOc1ccccc1CN1CCOc2cc(C(O)NCC3CCNCC3)ccc21. The van der Waals surface area contributed by atoms with Crippen molar-refractivity contribution in [1.82, 2.24) is 10.6 Å². The average Bonchev–Trinajstić information content (AvgIpc) is 2.79. The van der Waals surface area contributed by atoms with Crippen LogP contribution >= 0.6 is 0 Å². The Morgan fingerprint density at radius 1 is 1.23 bits per heavy atom. The van der Waals surface area contributed by atoms with Gasteiger partial charge in [-0.15, -0.1) is 0 Å². The van der Waals surface area contributed by atoms with Crippen molar-refractivity contribution >= 4 is 5.69 Å². The van der Waals surface area contributed by atoms with E-state index in [0.29, 0.717) is 19.1 Å². The minimum Gasteiger partial charge on any atom is -0.494 e. The molecule has 0 saturated carbocycles. The molecule has 0 aliphatic carbocycles. The summed E-state index contributed by atoms with van der Waals surface area (Å²) in [4.78, 5) is 2.31. The second kappa shape index (κ2) is 10.2. The summed E-state index contributed by atoms with van der Waals surface area (Å²) in [6.07, 6.45) is 1.64. The maximum atomic E-state index is 10.6. The van der Waals surface area contributed by atoms with Gasteiger partial charge in [-0.3, -0.25) is 5.32 Å². The second-order valence-electron chi connectivity index (χ2n) is 8.04. The molecular formula is C24H33N3O3. The van der Waals surface area contributed by atoms with Crippen LogP contribution in [0.25, 0.3) is 0 Å². The number of benzene rings is 2. The van der Waals surface area contributed by atoms with E-state index in [4.69, 9.17) is 9.47 Å². The van der Waals surface area contributed by atoms with Gasteiger partial charge < -0.3 is 24.8 Å². The molecule has 162 valence electrons. The zero-order chi connectivity index (χ0) is 20.8. The number of nitrogens with zero attached hydrogens (tertiary/aromatic N) is 1. The molecule has 3 N–H and O–H groups in total. The van der Waals surface area contributed by atoms with E-state index >= 15 is 0 Å². The first-order valence-corrected chi connectivity index (χ1v) is 11.1. The van der Waals surface area contributed by atoms with Crippen LogP contribution in [0.1, 0.15) is 37.1 Å². The van der Waals surface area contributed by atoms with Crippen LogP contribution in [0, 0.1) is 5.92 Å². The highest BCUT2D eigenvalue weighted by molar-refractivity contribution is 5.62. The number of nitrogens with one attached hydrogen (secondary N) is 2. The fourth-order valence-corrected chi connectivity index (χ4v) is 4.25. The zero-order valence-corrected chi connectivity index (χ0v) is 17.8. The van der Waals surface area contributed by atoms with Crippen LogP contribution in [0.2, 0.25) is 0 Å². The van der Waals surface area contributed by atoms with Crippen LogP contribution in [0.3, 0.4) is 0 Å². The maximum absolute atomic E-state index is 10.6. The molecule has 2 aliphatic heterocycles. The summed E-state index contributed by atoms with van der Waals surface area (Å²) in [5.41, 5.74) is 3.07. The van der Waals surface area contributed by atoms with E-state index in [1.54, 1.807) is 0 Å². The van der Waals surface area contributed by atoms with E-state index in [0.717, 1.165) is 68.3 Å². The first-order chi connectivity index (χ1) is 14.7. The predicted molar refractivity (Wildman–Crippen MR) is 119 cm³/mol. The average molecular weight is 412 g/mol. The zero-order valence-electron chi connectivity index (χ0n) is 17.8. The normalized spacial score (nSPS) is 17.9. The highest BCUT2D eigenvalue weighted by Crippen LogP contribution is 2.35. The number of rotatable bonds is 8. The van der Waals surface area contributed by atoms with Gasteiger partial charge in [0.1, 0.15) is 24.3 Å². The number of fused-ring (bicyclic) bond motifs is 1. The van der Waals surface area contributed by atoms with Crippen molar-refractivity contribution in [2.75, 3.05) is 44.3 Å². The second-order valence-corrected chi connectivity index (χ2v) is 8.04. The van der Waals surface area contributed by atoms with Crippen molar-refractivity contribution < 1.29 is 14.6 Å². The fraction of sp³-hybridized carbons (Fsp3) is 0.500. The van der Waals surface area contributed by atoms with Crippen LogP contribution in [0.15, 0.2) is 42.5 Å². The number of para-hydroxylation sites is 1. The van der Waals surface area contributed by atoms with Crippen molar-refractivity contribution in [2.45, 2.75) is 32.5 Å². The molecule has 0 radical (unpaired) electrons. The van der Waals surface area contributed by atoms with Gasteiger partial charge >= 0.3 is 0 Å². The van der Waals surface area contributed by atoms with Crippen molar-refractivity contribution in [2.24, 2.45) is 5.92 Å². The van der Waals surface area contributed by atoms with Gasteiger partial charge in [-0.2, -0.15) is 0 Å².